The van der Waals surface area contributed by atoms with Crippen LogP contribution in [0.3, 0.4) is 0 Å². The van der Waals surface area contributed by atoms with E-state index in [2.05, 4.69) is 46.6 Å². The molecule has 3 atom stereocenters. The van der Waals surface area contributed by atoms with Gasteiger partial charge in [-0.2, -0.15) is 0 Å². The summed E-state index contributed by atoms with van der Waals surface area (Å²) in [5.74, 6) is 0.377. The molecule has 5 heteroatoms. The van der Waals surface area contributed by atoms with E-state index in [0.29, 0.717) is 24.5 Å². The van der Waals surface area contributed by atoms with E-state index in [1.807, 2.05) is 26.8 Å². The Kier molecular flexibility index (Phi) is 8.97. The van der Waals surface area contributed by atoms with Gasteiger partial charge in [0.15, 0.2) is 0 Å². The second-order valence-electron chi connectivity index (χ2n) is 7.17. The Hall–Kier alpha value is -1.43. The molecule has 0 aromatic heterocycles. The zero-order chi connectivity index (χ0) is 18.0. The summed E-state index contributed by atoms with van der Waals surface area (Å²) < 4.78 is 4.55. The van der Waals surface area contributed by atoms with Crippen LogP contribution in [0.25, 0.3) is 0 Å². The minimum Gasteiger partial charge on any atom is -0.462 e. The molecule has 1 fully saturated rings. The van der Waals surface area contributed by atoms with Crippen molar-refractivity contribution in [1.82, 2.24) is 10.6 Å². The van der Waals surface area contributed by atoms with Gasteiger partial charge in [0.2, 0.25) is 0 Å². The largest absolute Gasteiger partial charge is 0.462 e. The van der Waals surface area contributed by atoms with E-state index in [-0.39, 0.29) is 12.2 Å². The Morgan fingerprint density at radius 1 is 1.38 bits per heavy atom. The van der Waals surface area contributed by atoms with Crippen LogP contribution in [0.1, 0.15) is 45.7 Å². The maximum absolute atomic E-state index is 9.60. The topological polar surface area (TPSA) is 70.6 Å². The van der Waals surface area contributed by atoms with Crippen molar-refractivity contribution in [2.45, 2.75) is 51.8 Å². The Balaban J connectivity index is 0.000000351. The highest BCUT2D eigenvalue weighted by Crippen LogP contribution is 2.17. The maximum Gasteiger partial charge on any atom is 0.293 e. The molecule has 2 unspecified atom stereocenters. The molecule has 1 heterocycles. The van der Waals surface area contributed by atoms with Gasteiger partial charge in [0.25, 0.3) is 6.47 Å². The van der Waals surface area contributed by atoms with Crippen molar-refractivity contribution in [3.63, 3.8) is 0 Å². The summed E-state index contributed by atoms with van der Waals surface area (Å²) in [7, 11) is 0. The van der Waals surface area contributed by atoms with Crippen molar-refractivity contribution >= 4 is 6.47 Å². The second-order valence-corrected chi connectivity index (χ2v) is 7.17. The summed E-state index contributed by atoms with van der Waals surface area (Å²) in [4.78, 5) is 9.60. The molecule has 0 bridgehead atoms. The van der Waals surface area contributed by atoms with Crippen LogP contribution in [0.15, 0.2) is 30.3 Å². The van der Waals surface area contributed by atoms with E-state index < -0.39 is 0 Å². The van der Waals surface area contributed by atoms with Crippen molar-refractivity contribution in [1.29, 1.82) is 0 Å². The van der Waals surface area contributed by atoms with Gasteiger partial charge in [0, 0.05) is 25.2 Å². The monoisotopic (exact) mass is 336 g/mol. The van der Waals surface area contributed by atoms with E-state index in [1.54, 1.807) is 0 Å². The SMILES string of the molecule is CC(C)(C)OC=O.C[C@@H](NC1CNCCC1CO)c1ccccc1. The minimum absolute atomic E-state index is 0.279. The Morgan fingerprint density at radius 2 is 2.04 bits per heavy atom. The molecule has 5 nitrogen and oxygen atoms in total. The number of piperidine rings is 1. The van der Waals surface area contributed by atoms with Gasteiger partial charge in [-0.05, 0) is 52.1 Å². The highest BCUT2D eigenvalue weighted by atomic mass is 16.5. The zero-order valence-corrected chi connectivity index (χ0v) is 15.3. The molecule has 0 amide bonds. The van der Waals surface area contributed by atoms with Gasteiger partial charge in [-0.15, -0.1) is 0 Å². The first-order valence-electron chi connectivity index (χ1n) is 8.61. The molecule has 3 N–H and O–H groups in total. The van der Waals surface area contributed by atoms with Gasteiger partial charge >= 0.3 is 0 Å². The third-order valence-corrected chi connectivity index (χ3v) is 4.03. The lowest BCUT2D eigenvalue weighted by molar-refractivity contribution is -0.138. The second kappa shape index (κ2) is 10.4. The fourth-order valence-electron chi connectivity index (χ4n) is 2.63. The quantitative estimate of drug-likeness (QED) is 0.720. The van der Waals surface area contributed by atoms with Crippen LogP contribution < -0.4 is 10.6 Å². The predicted molar refractivity (Wildman–Crippen MR) is 96.7 cm³/mol. The lowest BCUT2D eigenvalue weighted by Crippen LogP contribution is -2.50. The van der Waals surface area contributed by atoms with Crippen LogP contribution in [0.2, 0.25) is 0 Å². The minimum atomic E-state index is -0.318. The van der Waals surface area contributed by atoms with Crippen LogP contribution in [-0.2, 0) is 9.53 Å². The molecule has 1 aliphatic rings. The summed E-state index contributed by atoms with van der Waals surface area (Å²) in [6, 6.07) is 11.1. The van der Waals surface area contributed by atoms with Crippen molar-refractivity contribution in [2.24, 2.45) is 5.92 Å². The van der Waals surface area contributed by atoms with E-state index in [4.69, 9.17) is 0 Å². The molecule has 0 aliphatic carbocycles. The highest BCUT2D eigenvalue weighted by Gasteiger charge is 2.25. The number of aliphatic hydroxyl groups excluding tert-OH is 1. The van der Waals surface area contributed by atoms with Crippen molar-refractivity contribution in [3.05, 3.63) is 35.9 Å². The van der Waals surface area contributed by atoms with Crippen LogP contribution in [0.5, 0.6) is 0 Å². The number of hydrogen-bond acceptors (Lipinski definition) is 5. The van der Waals surface area contributed by atoms with E-state index in [1.165, 1.54) is 5.56 Å². The Bertz CT molecular complexity index is 459. The van der Waals surface area contributed by atoms with Gasteiger partial charge in [-0.3, -0.25) is 4.79 Å². The molecule has 2 rings (SSSR count). The molecule has 1 aromatic carbocycles. The number of aliphatic hydroxyl groups is 1. The van der Waals surface area contributed by atoms with Gasteiger partial charge in [0.1, 0.15) is 5.60 Å². The normalized spacial score (nSPS) is 22.0. The van der Waals surface area contributed by atoms with Gasteiger partial charge in [-0.1, -0.05) is 30.3 Å². The molecule has 0 spiro atoms. The standard InChI is InChI=1S/C14H22N2O.C5H10O2/c1-11(12-5-3-2-4-6-12)16-14-9-15-8-7-13(14)10-17;1-5(2,3)7-4-6/h2-6,11,13-17H,7-10H2,1H3;4H,1-3H3/t11-,13?,14?;/m1./s1. The average molecular weight is 336 g/mol. The van der Waals surface area contributed by atoms with Gasteiger partial charge in [-0.25, -0.2) is 0 Å². The van der Waals surface area contributed by atoms with Gasteiger partial charge < -0.3 is 20.5 Å². The number of carbonyl (C=O) groups is 1. The molecule has 136 valence electrons. The van der Waals surface area contributed by atoms with Crippen molar-refractivity contribution < 1.29 is 14.6 Å². The van der Waals surface area contributed by atoms with Crippen molar-refractivity contribution in [3.8, 4) is 0 Å². The Morgan fingerprint density at radius 3 is 2.54 bits per heavy atom. The molecule has 1 saturated heterocycles. The molecule has 24 heavy (non-hydrogen) atoms. The smallest absolute Gasteiger partial charge is 0.293 e. The highest BCUT2D eigenvalue weighted by molar-refractivity contribution is 5.37. The maximum atomic E-state index is 9.60. The van der Waals surface area contributed by atoms with Crippen LogP contribution in [0.4, 0.5) is 0 Å². The summed E-state index contributed by atoms with van der Waals surface area (Å²) in [6.45, 7) is 10.3. The van der Waals surface area contributed by atoms with Crippen LogP contribution in [0, 0.1) is 5.92 Å². The third kappa shape index (κ3) is 7.90. The molecular weight excluding hydrogens is 304 g/mol. The zero-order valence-electron chi connectivity index (χ0n) is 15.3. The number of carbonyl (C=O) groups excluding carboxylic acids is 1. The van der Waals surface area contributed by atoms with E-state index in [9.17, 15) is 9.90 Å². The molecular formula is C19H32N2O3. The molecule has 0 saturated carbocycles. The fraction of sp³-hybridized carbons (Fsp3) is 0.632. The van der Waals surface area contributed by atoms with Crippen LogP contribution >= 0.6 is 0 Å². The predicted octanol–water partition coefficient (Wildman–Crippen LogP) is 2.27. The first kappa shape index (κ1) is 20.6. The third-order valence-electron chi connectivity index (χ3n) is 4.03. The van der Waals surface area contributed by atoms with Gasteiger partial charge in [0.05, 0.1) is 0 Å². The lowest BCUT2D eigenvalue weighted by atomic mass is 9.92. The summed E-state index contributed by atoms with van der Waals surface area (Å²) in [5, 5.41) is 16.4. The van der Waals surface area contributed by atoms with E-state index >= 15 is 0 Å². The first-order valence-corrected chi connectivity index (χ1v) is 8.61. The van der Waals surface area contributed by atoms with E-state index in [0.717, 1.165) is 19.5 Å². The number of ether oxygens (including phenoxy) is 1. The van der Waals surface area contributed by atoms with Crippen molar-refractivity contribution in [2.75, 3.05) is 19.7 Å². The fourth-order valence-corrected chi connectivity index (χ4v) is 2.63. The molecule has 1 aliphatic heterocycles. The lowest BCUT2D eigenvalue weighted by Gasteiger charge is -2.34. The number of hydrogen-bond donors (Lipinski definition) is 3. The number of rotatable bonds is 5. The average Bonchev–Trinajstić information content (AvgIpc) is 2.55. The Labute approximate surface area is 145 Å². The number of nitrogens with one attached hydrogen (secondary N) is 2. The number of benzene rings is 1. The van der Waals surface area contributed by atoms with Crippen LogP contribution in [-0.4, -0.2) is 42.9 Å². The summed E-state index contributed by atoms with van der Waals surface area (Å²) in [5.41, 5.74) is 0.983. The summed E-state index contributed by atoms with van der Waals surface area (Å²) in [6.07, 6.45) is 1.05. The molecule has 0 radical (unpaired) electrons. The summed E-state index contributed by atoms with van der Waals surface area (Å²) >= 11 is 0. The first-order chi connectivity index (χ1) is 11.4. The molecule has 1 aromatic rings.